The molecule has 1 nitrogen and oxygen atoms in total. The Morgan fingerprint density at radius 3 is 2.10 bits per heavy atom. The molecule has 0 saturated heterocycles. The molecule has 20 heavy (non-hydrogen) atoms. The van der Waals surface area contributed by atoms with Crippen molar-refractivity contribution in [1.82, 2.24) is 0 Å². The molecule has 2 N–H and O–H groups in total. The zero-order chi connectivity index (χ0) is 14.4. The van der Waals surface area contributed by atoms with E-state index in [1.165, 1.54) is 29.5 Å². The second-order valence-corrected chi connectivity index (χ2v) is 5.70. The minimum absolute atomic E-state index is 0.153. The zero-order valence-corrected chi connectivity index (χ0v) is 12.5. The van der Waals surface area contributed by atoms with Crippen LogP contribution in [0.15, 0.2) is 54.6 Å². The molecule has 0 saturated carbocycles. The Labute approximate surface area is 122 Å². The van der Waals surface area contributed by atoms with E-state index in [4.69, 9.17) is 5.73 Å². The van der Waals surface area contributed by atoms with Gasteiger partial charge in [0.25, 0.3) is 0 Å². The van der Waals surface area contributed by atoms with Crippen LogP contribution in [-0.2, 0) is 6.42 Å². The van der Waals surface area contributed by atoms with Crippen LogP contribution >= 0.6 is 0 Å². The van der Waals surface area contributed by atoms with Crippen LogP contribution in [0, 0.1) is 5.92 Å². The number of hydrogen-bond donors (Lipinski definition) is 1. The standard InChI is InChI=1S/C19H25N/c1-3-7-15(2)19(20)18-12-10-17(11-13-18)14-16-8-5-4-6-9-16/h4-6,8-13,15,19H,3,7,14,20H2,1-2H3. The third kappa shape index (κ3) is 3.94. The molecule has 106 valence electrons. The van der Waals surface area contributed by atoms with Gasteiger partial charge in [-0.3, -0.25) is 0 Å². The average Bonchev–Trinajstić information content (AvgIpc) is 2.48. The van der Waals surface area contributed by atoms with Gasteiger partial charge in [-0.2, -0.15) is 0 Å². The number of hydrogen-bond acceptors (Lipinski definition) is 1. The molecular formula is C19H25N. The highest BCUT2D eigenvalue weighted by atomic mass is 14.6. The van der Waals surface area contributed by atoms with Crippen molar-refractivity contribution in [2.75, 3.05) is 0 Å². The smallest absolute Gasteiger partial charge is 0.0320 e. The fraction of sp³-hybridized carbons (Fsp3) is 0.368. The highest BCUT2D eigenvalue weighted by Gasteiger charge is 2.13. The van der Waals surface area contributed by atoms with Crippen molar-refractivity contribution in [3.05, 3.63) is 71.3 Å². The number of benzene rings is 2. The molecule has 0 radical (unpaired) electrons. The van der Waals surface area contributed by atoms with Crippen molar-refractivity contribution in [2.45, 2.75) is 39.2 Å². The largest absolute Gasteiger partial charge is 0.324 e. The number of nitrogens with two attached hydrogens (primary N) is 1. The molecule has 2 rings (SSSR count). The van der Waals surface area contributed by atoms with Crippen molar-refractivity contribution >= 4 is 0 Å². The van der Waals surface area contributed by atoms with E-state index in [9.17, 15) is 0 Å². The maximum Gasteiger partial charge on any atom is 0.0320 e. The Kier molecular flexibility index (Phi) is 5.37. The quantitative estimate of drug-likeness (QED) is 0.805. The summed E-state index contributed by atoms with van der Waals surface area (Å²) in [6, 6.07) is 19.5. The van der Waals surface area contributed by atoms with Gasteiger partial charge in [0.1, 0.15) is 0 Å². The summed E-state index contributed by atoms with van der Waals surface area (Å²) in [4.78, 5) is 0. The predicted molar refractivity (Wildman–Crippen MR) is 86.7 cm³/mol. The number of rotatable bonds is 6. The summed E-state index contributed by atoms with van der Waals surface area (Å²) in [7, 11) is 0. The third-order valence-corrected chi connectivity index (χ3v) is 3.97. The maximum absolute atomic E-state index is 6.33. The summed E-state index contributed by atoms with van der Waals surface area (Å²) in [6.07, 6.45) is 3.37. The molecule has 2 atom stereocenters. The molecule has 0 aromatic heterocycles. The summed E-state index contributed by atoms with van der Waals surface area (Å²) in [6.45, 7) is 4.46. The van der Waals surface area contributed by atoms with Gasteiger partial charge in [-0.15, -0.1) is 0 Å². The first-order valence-electron chi connectivity index (χ1n) is 7.59. The Morgan fingerprint density at radius 1 is 0.900 bits per heavy atom. The van der Waals surface area contributed by atoms with Gasteiger partial charge in [0.2, 0.25) is 0 Å². The minimum Gasteiger partial charge on any atom is -0.324 e. The fourth-order valence-corrected chi connectivity index (χ4v) is 2.65. The van der Waals surface area contributed by atoms with Gasteiger partial charge in [0.15, 0.2) is 0 Å². The van der Waals surface area contributed by atoms with Gasteiger partial charge >= 0.3 is 0 Å². The van der Waals surface area contributed by atoms with Gasteiger partial charge in [0.05, 0.1) is 0 Å². The Balaban J connectivity index is 2.03. The molecule has 2 unspecified atom stereocenters. The first-order valence-corrected chi connectivity index (χ1v) is 7.59. The van der Waals surface area contributed by atoms with Gasteiger partial charge in [-0.05, 0) is 35.4 Å². The lowest BCUT2D eigenvalue weighted by molar-refractivity contribution is 0.433. The van der Waals surface area contributed by atoms with Crippen molar-refractivity contribution in [3.8, 4) is 0 Å². The van der Waals surface area contributed by atoms with Crippen LogP contribution in [0.5, 0.6) is 0 Å². The highest BCUT2D eigenvalue weighted by molar-refractivity contribution is 5.30. The summed E-state index contributed by atoms with van der Waals surface area (Å²) in [5.74, 6) is 0.542. The molecule has 2 aromatic rings. The average molecular weight is 267 g/mol. The van der Waals surface area contributed by atoms with Crippen LogP contribution < -0.4 is 5.73 Å². The van der Waals surface area contributed by atoms with Crippen molar-refractivity contribution < 1.29 is 0 Å². The summed E-state index contributed by atoms with van der Waals surface area (Å²) < 4.78 is 0. The molecule has 1 heteroatoms. The molecule has 0 aliphatic rings. The van der Waals surface area contributed by atoms with Gasteiger partial charge < -0.3 is 5.73 Å². The van der Waals surface area contributed by atoms with E-state index in [-0.39, 0.29) is 6.04 Å². The van der Waals surface area contributed by atoms with Crippen molar-refractivity contribution in [1.29, 1.82) is 0 Å². The van der Waals surface area contributed by atoms with Crippen LogP contribution in [0.2, 0.25) is 0 Å². The lowest BCUT2D eigenvalue weighted by atomic mass is 9.91. The third-order valence-electron chi connectivity index (χ3n) is 3.97. The van der Waals surface area contributed by atoms with Crippen LogP contribution in [0.4, 0.5) is 0 Å². The molecule has 0 fully saturated rings. The zero-order valence-electron chi connectivity index (χ0n) is 12.5. The predicted octanol–water partition coefficient (Wildman–Crippen LogP) is 4.71. The van der Waals surface area contributed by atoms with E-state index in [2.05, 4.69) is 68.4 Å². The van der Waals surface area contributed by atoms with E-state index in [1.807, 2.05) is 0 Å². The van der Waals surface area contributed by atoms with Crippen molar-refractivity contribution in [2.24, 2.45) is 11.7 Å². The maximum atomic E-state index is 6.33. The lowest BCUT2D eigenvalue weighted by Crippen LogP contribution is -2.18. The normalized spacial score (nSPS) is 13.9. The molecule has 2 aromatic carbocycles. The van der Waals surface area contributed by atoms with Crippen LogP contribution in [-0.4, -0.2) is 0 Å². The minimum atomic E-state index is 0.153. The van der Waals surface area contributed by atoms with Gasteiger partial charge in [-0.1, -0.05) is 74.9 Å². The van der Waals surface area contributed by atoms with Crippen LogP contribution in [0.1, 0.15) is 49.4 Å². The molecule has 0 spiro atoms. The second-order valence-electron chi connectivity index (χ2n) is 5.70. The van der Waals surface area contributed by atoms with E-state index in [0.717, 1.165) is 6.42 Å². The lowest BCUT2D eigenvalue weighted by Gasteiger charge is -2.20. The first kappa shape index (κ1) is 14.8. The fourth-order valence-electron chi connectivity index (χ4n) is 2.65. The van der Waals surface area contributed by atoms with Crippen LogP contribution in [0.3, 0.4) is 0 Å². The Morgan fingerprint density at radius 2 is 1.50 bits per heavy atom. The Hall–Kier alpha value is -1.60. The summed E-state index contributed by atoms with van der Waals surface area (Å²) >= 11 is 0. The second kappa shape index (κ2) is 7.25. The topological polar surface area (TPSA) is 26.0 Å². The van der Waals surface area contributed by atoms with E-state index in [0.29, 0.717) is 5.92 Å². The molecule has 0 amide bonds. The monoisotopic (exact) mass is 267 g/mol. The highest BCUT2D eigenvalue weighted by Crippen LogP contribution is 2.23. The summed E-state index contributed by atoms with van der Waals surface area (Å²) in [5.41, 5.74) is 10.3. The molecule has 0 aliphatic heterocycles. The summed E-state index contributed by atoms with van der Waals surface area (Å²) in [5, 5.41) is 0. The van der Waals surface area contributed by atoms with Gasteiger partial charge in [0, 0.05) is 6.04 Å². The SMILES string of the molecule is CCCC(C)C(N)c1ccc(Cc2ccccc2)cc1. The molecular weight excluding hydrogens is 242 g/mol. The van der Waals surface area contributed by atoms with Crippen molar-refractivity contribution in [3.63, 3.8) is 0 Å². The van der Waals surface area contributed by atoms with E-state index < -0.39 is 0 Å². The molecule has 0 bridgehead atoms. The van der Waals surface area contributed by atoms with E-state index in [1.54, 1.807) is 0 Å². The molecule has 0 heterocycles. The molecule has 0 aliphatic carbocycles. The van der Waals surface area contributed by atoms with E-state index >= 15 is 0 Å². The Bertz CT molecular complexity index is 501. The first-order chi connectivity index (χ1) is 9.70. The van der Waals surface area contributed by atoms with Gasteiger partial charge in [-0.25, -0.2) is 0 Å². The van der Waals surface area contributed by atoms with Crippen LogP contribution in [0.25, 0.3) is 0 Å².